The molecule has 1 N–H and O–H groups in total. The minimum atomic E-state index is -3.64. The monoisotopic (exact) mass is 271 g/mol. The summed E-state index contributed by atoms with van der Waals surface area (Å²) in [5.74, 6) is -0.208. The molecule has 1 aliphatic carbocycles. The molecular formula is C12H17NO4S. The molecule has 1 fully saturated rings. The average molecular weight is 271 g/mol. The van der Waals surface area contributed by atoms with Crippen LogP contribution in [0.5, 0.6) is 5.75 Å². The van der Waals surface area contributed by atoms with Gasteiger partial charge in [-0.25, -0.2) is 8.42 Å². The van der Waals surface area contributed by atoms with E-state index in [1.807, 2.05) is 0 Å². The van der Waals surface area contributed by atoms with Crippen molar-refractivity contribution in [1.29, 1.82) is 0 Å². The lowest BCUT2D eigenvalue weighted by Crippen LogP contribution is -2.35. The molecule has 0 unspecified atom stereocenters. The summed E-state index contributed by atoms with van der Waals surface area (Å²) in [6.07, 6.45) is 1.74. The van der Waals surface area contributed by atoms with Gasteiger partial charge < -0.3 is 9.84 Å². The van der Waals surface area contributed by atoms with Crippen LogP contribution in [0, 0.1) is 0 Å². The van der Waals surface area contributed by atoms with Crippen molar-refractivity contribution >= 4 is 10.0 Å². The largest absolute Gasteiger partial charge is 0.507 e. The fraction of sp³-hybridized carbons (Fsp3) is 0.500. The van der Waals surface area contributed by atoms with Gasteiger partial charge in [-0.1, -0.05) is 12.1 Å². The van der Waals surface area contributed by atoms with E-state index >= 15 is 0 Å². The molecule has 0 spiro atoms. The fourth-order valence-corrected chi connectivity index (χ4v) is 3.60. The number of ether oxygens (including phenoxy) is 1. The molecule has 0 heterocycles. The number of hydrogen-bond donors (Lipinski definition) is 1. The summed E-state index contributed by atoms with van der Waals surface area (Å²) in [7, 11) is -2.10. The molecule has 1 saturated carbocycles. The maximum Gasteiger partial charge on any atom is 0.247 e. The highest BCUT2D eigenvalue weighted by Crippen LogP contribution is 2.34. The van der Waals surface area contributed by atoms with Crippen molar-refractivity contribution in [1.82, 2.24) is 4.31 Å². The van der Waals surface area contributed by atoms with Gasteiger partial charge in [0.05, 0.1) is 6.61 Å². The predicted octanol–water partition coefficient (Wildman–Crippen LogP) is 1.19. The van der Waals surface area contributed by atoms with E-state index in [4.69, 9.17) is 4.74 Å². The van der Waals surface area contributed by atoms with Crippen LogP contribution in [-0.4, -0.2) is 44.1 Å². The van der Waals surface area contributed by atoms with Crippen LogP contribution >= 0.6 is 0 Å². The smallest absolute Gasteiger partial charge is 0.247 e. The molecule has 1 aromatic carbocycles. The lowest BCUT2D eigenvalue weighted by Gasteiger charge is -2.21. The zero-order valence-corrected chi connectivity index (χ0v) is 11.1. The minimum absolute atomic E-state index is 0.0343. The summed E-state index contributed by atoms with van der Waals surface area (Å²) in [6, 6.07) is 6.06. The van der Waals surface area contributed by atoms with Gasteiger partial charge in [-0.15, -0.1) is 0 Å². The third-order valence-electron chi connectivity index (χ3n) is 2.92. The second kappa shape index (κ2) is 5.26. The van der Waals surface area contributed by atoms with Crippen molar-refractivity contribution < 1.29 is 18.3 Å². The Morgan fingerprint density at radius 3 is 2.61 bits per heavy atom. The Hall–Kier alpha value is -1.11. The standard InChI is InChI=1S/C12H17NO4S/c1-17-9-8-13(10-6-7-10)18(15,16)12-5-3-2-4-11(12)14/h2-5,10,14H,6-9H2,1H3. The highest BCUT2D eigenvalue weighted by molar-refractivity contribution is 7.89. The van der Waals surface area contributed by atoms with Gasteiger partial charge >= 0.3 is 0 Å². The van der Waals surface area contributed by atoms with Crippen molar-refractivity contribution in [2.75, 3.05) is 20.3 Å². The number of sulfonamides is 1. The molecule has 6 heteroatoms. The molecule has 0 bridgehead atoms. The van der Waals surface area contributed by atoms with E-state index in [-0.39, 0.29) is 16.7 Å². The normalized spacial score (nSPS) is 16.1. The Balaban J connectivity index is 2.30. The van der Waals surface area contributed by atoms with E-state index in [1.54, 1.807) is 12.1 Å². The van der Waals surface area contributed by atoms with Gasteiger partial charge in [0.2, 0.25) is 10.0 Å². The maximum atomic E-state index is 12.5. The molecule has 0 aromatic heterocycles. The van der Waals surface area contributed by atoms with Gasteiger partial charge in [0.15, 0.2) is 0 Å². The number of phenolic OH excluding ortho intramolecular Hbond substituents is 1. The zero-order valence-electron chi connectivity index (χ0n) is 10.2. The Morgan fingerprint density at radius 1 is 1.39 bits per heavy atom. The molecule has 5 nitrogen and oxygen atoms in total. The third-order valence-corrected chi connectivity index (χ3v) is 4.92. The summed E-state index contributed by atoms with van der Waals surface area (Å²) >= 11 is 0. The van der Waals surface area contributed by atoms with E-state index in [1.165, 1.54) is 23.5 Å². The average Bonchev–Trinajstić information content (AvgIpc) is 3.14. The molecule has 0 saturated heterocycles. The fourth-order valence-electron chi connectivity index (χ4n) is 1.84. The quantitative estimate of drug-likeness (QED) is 0.844. The molecule has 1 aromatic rings. The van der Waals surface area contributed by atoms with Crippen molar-refractivity contribution in [2.45, 2.75) is 23.8 Å². The molecule has 0 amide bonds. The lowest BCUT2D eigenvalue weighted by molar-refractivity contribution is 0.177. The highest BCUT2D eigenvalue weighted by Gasteiger charge is 2.38. The van der Waals surface area contributed by atoms with Gasteiger partial charge in [0.1, 0.15) is 10.6 Å². The summed E-state index contributed by atoms with van der Waals surface area (Å²) < 4.78 is 31.3. The number of hydrogen-bond acceptors (Lipinski definition) is 4. The van der Waals surface area contributed by atoms with E-state index in [0.29, 0.717) is 13.2 Å². The second-order valence-corrected chi connectivity index (χ2v) is 6.17. The van der Waals surface area contributed by atoms with Crippen molar-refractivity contribution in [2.24, 2.45) is 0 Å². The van der Waals surface area contributed by atoms with Gasteiger partial charge in [0, 0.05) is 19.7 Å². The van der Waals surface area contributed by atoms with Crippen LogP contribution in [0.2, 0.25) is 0 Å². The Labute approximate surface area is 107 Å². The van der Waals surface area contributed by atoms with Crippen LogP contribution in [0.1, 0.15) is 12.8 Å². The first-order valence-corrected chi connectivity index (χ1v) is 7.30. The number of benzene rings is 1. The Kier molecular flexibility index (Phi) is 3.89. The SMILES string of the molecule is COCCN(C1CC1)S(=O)(=O)c1ccccc1O. The molecule has 1 aliphatic rings. The topological polar surface area (TPSA) is 66.8 Å². The maximum absolute atomic E-state index is 12.5. The molecule has 0 radical (unpaired) electrons. The molecule has 2 rings (SSSR count). The molecule has 0 atom stereocenters. The van der Waals surface area contributed by atoms with Crippen LogP contribution in [0.25, 0.3) is 0 Å². The number of para-hydroxylation sites is 1. The summed E-state index contributed by atoms with van der Waals surface area (Å²) in [4.78, 5) is -0.0343. The summed E-state index contributed by atoms with van der Waals surface area (Å²) in [5, 5.41) is 9.69. The van der Waals surface area contributed by atoms with E-state index in [2.05, 4.69) is 0 Å². The zero-order chi connectivity index (χ0) is 13.2. The van der Waals surface area contributed by atoms with Crippen LogP contribution in [-0.2, 0) is 14.8 Å². The van der Waals surface area contributed by atoms with Crippen LogP contribution in [0.3, 0.4) is 0 Å². The number of phenols is 1. The van der Waals surface area contributed by atoms with Crippen molar-refractivity contribution in [3.05, 3.63) is 24.3 Å². The number of rotatable bonds is 6. The molecular weight excluding hydrogens is 254 g/mol. The van der Waals surface area contributed by atoms with Gasteiger partial charge in [-0.05, 0) is 25.0 Å². The number of nitrogens with zero attached hydrogens (tertiary/aromatic N) is 1. The van der Waals surface area contributed by atoms with Gasteiger partial charge in [-0.3, -0.25) is 0 Å². The van der Waals surface area contributed by atoms with Crippen molar-refractivity contribution in [3.63, 3.8) is 0 Å². The number of aromatic hydroxyl groups is 1. The van der Waals surface area contributed by atoms with E-state index < -0.39 is 10.0 Å². The van der Waals surface area contributed by atoms with Gasteiger partial charge in [0.25, 0.3) is 0 Å². The first-order valence-electron chi connectivity index (χ1n) is 5.86. The Bertz CT molecular complexity index is 511. The third kappa shape index (κ3) is 2.66. The lowest BCUT2D eigenvalue weighted by atomic mass is 10.3. The van der Waals surface area contributed by atoms with Crippen LogP contribution in [0.15, 0.2) is 29.2 Å². The minimum Gasteiger partial charge on any atom is -0.507 e. The predicted molar refractivity (Wildman–Crippen MR) is 66.9 cm³/mol. The van der Waals surface area contributed by atoms with E-state index in [0.717, 1.165) is 12.8 Å². The number of methoxy groups -OCH3 is 1. The first-order chi connectivity index (χ1) is 8.57. The molecule has 100 valence electrons. The highest BCUT2D eigenvalue weighted by atomic mass is 32.2. The van der Waals surface area contributed by atoms with Crippen LogP contribution in [0.4, 0.5) is 0 Å². The van der Waals surface area contributed by atoms with Crippen molar-refractivity contribution in [3.8, 4) is 5.75 Å². The van der Waals surface area contributed by atoms with Crippen LogP contribution < -0.4 is 0 Å². The Morgan fingerprint density at radius 2 is 2.06 bits per heavy atom. The first kappa shape index (κ1) is 13.3. The summed E-state index contributed by atoms with van der Waals surface area (Å²) in [5.41, 5.74) is 0. The van der Waals surface area contributed by atoms with E-state index in [9.17, 15) is 13.5 Å². The summed E-state index contributed by atoms with van der Waals surface area (Å²) in [6.45, 7) is 0.668. The molecule has 0 aliphatic heterocycles. The molecule has 18 heavy (non-hydrogen) atoms. The second-order valence-electron chi connectivity index (χ2n) is 4.31. The van der Waals surface area contributed by atoms with Gasteiger partial charge in [-0.2, -0.15) is 4.31 Å².